The number of thioether (sulfide) groups is 2. The molecule has 7 heteroatoms. The Bertz CT molecular complexity index is 405. The number of nitrogens with zero attached hydrogens (tertiary/aromatic N) is 1. The lowest BCUT2D eigenvalue weighted by Gasteiger charge is -2.38. The summed E-state index contributed by atoms with van der Waals surface area (Å²) in [6, 6.07) is -0.368. The van der Waals surface area contributed by atoms with Crippen molar-refractivity contribution >= 4 is 29.6 Å². The summed E-state index contributed by atoms with van der Waals surface area (Å²) in [6.45, 7) is 9.54. The summed E-state index contributed by atoms with van der Waals surface area (Å²) in [5, 5.41) is 10.8. The van der Waals surface area contributed by atoms with Crippen molar-refractivity contribution in [1.29, 1.82) is 0 Å². The summed E-state index contributed by atoms with van der Waals surface area (Å²) in [5.41, 5.74) is -1.34. The first-order valence-electron chi connectivity index (χ1n) is 7.69. The van der Waals surface area contributed by atoms with Crippen LogP contribution in [0.25, 0.3) is 0 Å². The van der Waals surface area contributed by atoms with Gasteiger partial charge in [-0.2, -0.15) is 0 Å². The highest BCUT2D eigenvalue weighted by molar-refractivity contribution is 8.17. The highest BCUT2D eigenvalue weighted by Crippen LogP contribution is 2.39. The minimum Gasteiger partial charge on any atom is -0.444 e. The van der Waals surface area contributed by atoms with E-state index in [-0.39, 0.29) is 10.6 Å². The third kappa shape index (κ3) is 4.24. The van der Waals surface area contributed by atoms with Gasteiger partial charge in [0.15, 0.2) is 0 Å². The average Bonchev–Trinajstić information content (AvgIpc) is 2.72. The van der Waals surface area contributed by atoms with Crippen LogP contribution in [0.5, 0.6) is 0 Å². The van der Waals surface area contributed by atoms with Crippen LogP contribution in [0.2, 0.25) is 0 Å². The molecule has 0 aromatic rings. The van der Waals surface area contributed by atoms with Gasteiger partial charge in [-0.3, -0.25) is 4.90 Å². The molecule has 5 nitrogen and oxygen atoms in total. The summed E-state index contributed by atoms with van der Waals surface area (Å²) in [5.74, 6) is 2.11. The lowest BCUT2D eigenvalue weighted by Crippen LogP contribution is -2.55. The Balaban J connectivity index is 2.13. The molecule has 0 radical (unpaired) electrons. The zero-order chi connectivity index (χ0) is 16.5. The number of aliphatic hydroxyl groups is 1. The number of carbonyl (C=O) groups is 1. The minimum atomic E-state index is -0.766. The van der Waals surface area contributed by atoms with E-state index in [1.165, 1.54) is 6.42 Å². The first-order valence-corrected chi connectivity index (χ1v) is 9.79. The number of amides is 1. The smallest absolute Gasteiger partial charge is 0.412 e. The van der Waals surface area contributed by atoms with E-state index < -0.39 is 23.5 Å². The van der Waals surface area contributed by atoms with Crippen molar-refractivity contribution < 1.29 is 19.4 Å². The molecule has 1 amide bonds. The first-order chi connectivity index (χ1) is 10.1. The molecule has 2 atom stereocenters. The monoisotopic (exact) mass is 349 g/mol. The highest BCUT2D eigenvalue weighted by atomic mass is 32.2. The zero-order valence-corrected chi connectivity index (χ0v) is 15.6. The molecule has 0 saturated carbocycles. The van der Waals surface area contributed by atoms with Crippen LogP contribution in [-0.2, 0) is 9.47 Å². The Morgan fingerprint density at radius 1 is 1.36 bits per heavy atom. The zero-order valence-electron chi connectivity index (χ0n) is 14.0. The molecule has 0 aromatic carbocycles. The SMILES string of the molecule is CC(C)(C)OC(=O)N1[C@@H]([C@H](O)C2SCCCS2)COC1(C)C. The van der Waals surface area contributed by atoms with E-state index in [4.69, 9.17) is 9.47 Å². The third-order valence-electron chi connectivity index (χ3n) is 3.64. The van der Waals surface area contributed by atoms with Gasteiger partial charge in [-0.1, -0.05) is 0 Å². The maximum Gasteiger partial charge on any atom is 0.412 e. The van der Waals surface area contributed by atoms with Crippen molar-refractivity contribution in [2.24, 2.45) is 0 Å². The van der Waals surface area contributed by atoms with E-state index in [9.17, 15) is 9.90 Å². The molecule has 2 aliphatic heterocycles. The van der Waals surface area contributed by atoms with Crippen LogP contribution in [0.4, 0.5) is 4.79 Å². The van der Waals surface area contributed by atoms with Crippen molar-refractivity contribution in [2.75, 3.05) is 18.1 Å². The molecule has 0 unspecified atom stereocenters. The van der Waals surface area contributed by atoms with Crippen molar-refractivity contribution in [3.8, 4) is 0 Å². The molecule has 2 saturated heterocycles. The van der Waals surface area contributed by atoms with E-state index in [1.807, 2.05) is 34.6 Å². The van der Waals surface area contributed by atoms with Gasteiger partial charge in [-0.15, -0.1) is 23.5 Å². The molecule has 22 heavy (non-hydrogen) atoms. The molecule has 0 aliphatic carbocycles. The van der Waals surface area contributed by atoms with Gasteiger partial charge < -0.3 is 14.6 Å². The fourth-order valence-corrected chi connectivity index (χ4v) is 5.62. The van der Waals surface area contributed by atoms with Crippen LogP contribution in [0.15, 0.2) is 0 Å². The third-order valence-corrected chi connectivity index (χ3v) is 6.72. The Hall–Kier alpha value is -0.110. The van der Waals surface area contributed by atoms with Crippen molar-refractivity contribution in [1.82, 2.24) is 4.90 Å². The van der Waals surface area contributed by atoms with Gasteiger partial charge in [0.25, 0.3) is 0 Å². The first kappa shape index (κ1) is 18.2. The number of rotatable bonds is 2. The molecule has 2 heterocycles. The second kappa shape index (κ2) is 6.79. The van der Waals surface area contributed by atoms with E-state index in [1.54, 1.807) is 28.4 Å². The van der Waals surface area contributed by atoms with Crippen molar-refractivity contribution in [2.45, 2.75) is 69.1 Å². The van der Waals surface area contributed by atoms with Gasteiger partial charge in [0.1, 0.15) is 11.3 Å². The summed E-state index contributed by atoms with van der Waals surface area (Å²) in [7, 11) is 0. The van der Waals surface area contributed by atoms with E-state index in [0.717, 1.165) is 11.5 Å². The second-order valence-corrected chi connectivity index (χ2v) is 9.93. The molecule has 128 valence electrons. The fraction of sp³-hybridized carbons (Fsp3) is 0.933. The Kier molecular flexibility index (Phi) is 5.63. The van der Waals surface area contributed by atoms with Gasteiger partial charge in [-0.05, 0) is 52.5 Å². The van der Waals surface area contributed by atoms with Gasteiger partial charge in [-0.25, -0.2) is 4.79 Å². The molecule has 0 aromatic heterocycles. The van der Waals surface area contributed by atoms with Crippen molar-refractivity contribution in [3.63, 3.8) is 0 Å². The van der Waals surface area contributed by atoms with E-state index in [2.05, 4.69) is 0 Å². The Labute approximate surface area is 141 Å². The maximum atomic E-state index is 12.6. The summed E-state index contributed by atoms with van der Waals surface area (Å²) in [6.07, 6.45) is 0.121. The van der Waals surface area contributed by atoms with E-state index in [0.29, 0.717) is 6.61 Å². The largest absolute Gasteiger partial charge is 0.444 e. The number of hydrogen-bond donors (Lipinski definition) is 1. The lowest BCUT2D eigenvalue weighted by atomic mass is 10.1. The van der Waals surface area contributed by atoms with Crippen LogP contribution in [0.3, 0.4) is 0 Å². The van der Waals surface area contributed by atoms with Crippen LogP contribution in [-0.4, -0.2) is 62.3 Å². The van der Waals surface area contributed by atoms with Crippen LogP contribution < -0.4 is 0 Å². The van der Waals surface area contributed by atoms with E-state index >= 15 is 0 Å². The molecule has 0 bridgehead atoms. The molecule has 2 aliphatic rings. The molecule has 1 N–H and O–H groups in total. The predicted molar refractivity (Wildman–Crippen MR) is 91.2 cm³/mol. The molecule has 2 fully saturated rings. The maximum absolute atomic E-state index is 12.6. The molecule has 2 rings (SSSR count). The van der Waals surface area contributed by atoms with Crippen LogP contribution in [0.1, 0.15) is 41.0 Å². The minimum absolute atomic E-state index is 0.0844. The predicted octanol–water partition coefficient (Wildman–Crippen LogP) is 2.92. The molecule has 0 spiro atoms. The molecular weight excluding hydrogens is 322 g/mol. The average molecular weight is 350 g/mol. The van der Waals surface area contributed by atoms with Crippen molar-refractivity contribution in [3.05, 3.63) is 0 Å². The normalized spacial score (nSPS) is 27.7. The topological polar surface area (TPSA) is 59.0 Å². The number of aliphatic hydroxyl groups excluding tert-OH is 1. The lowest BCUT2D eigenvalue weighted by molar-refractivity contribution is -0.0671. The molecular formula is C15H27NO4S2. The summed E-state index contributed by atoms with van der Waals surface area (Å²) < 4.78 is 11.4. The number of ether oxygens (including phenoxy) is 2. The summed E-state index contributed by atoms with van der Waals surface area (Å²) in [4.78, 5) is 14.1. The Morgan fingerprint density at radius 2 is 1.95 bits per heavy atom. The van der Waals surface area contributed by atoms with Crippen LogP contribution >= 0.6 is 23.5 Å². The number of carbonyl (C=O) groups excluding carboxylic acids is 1. The number of hydrogen-bond acceptors (Lipinski definition) is 6. The van der Waals surface area contributed by atoms with Crippen LogP contribution in [0, 0.1) is 0 Å². The fourth-order valence-electron chi connectivity index (χ4n) is 2.63. The Morgan fingerprint density at radius 3 is 2.50 bits per heavy atom. The van der Waals surface area contributed by atoms with Gasteiger partial charge in [0.2, 0.25) is 0 Å². The second-order valence-electron chi connectivity index (χ2n) is 7.13. The standard InChI is InChI=1S/C15H27NO4S2/c1-14(2,3)20-13(18)16-10(9-19-15(16,4)5)11(17)12-21-7-6-8-22-12/h10-12,17H,6-9H2,1-5H3/t10-,11+/m1/s1. The highest BCUT2D eigenvalue weighted by Gasteiger charge is 2.50. The quantitative estimate of drug-likeness (QED) is 0.827. The van der Waals surface area contributed by atoms with Gasteiger partial charge in [0, 0.05) is 0 Å². The summed E-state index contributed by atoms with van der Waals surface area (Å²) >= 11 is 3.53. The van der Waals surface area contributed by atoms with Gasteiger partial charge in [0.05, 0.1) is 23.3 Å². The van der Waals surface area contributed by atoms with Gasteiger partial charge >= 0.3 is 6.09 Å².